The molecular weight excluding hydrogens is 355 g/mol. The largest absolute Gasteiger partial charge is 0.508 e. The first-order chi connectivity index (χ1) is 11.8. The Hall–Kier alpha value is -2.67. The molecule has 2 aromatic carbocycles. The molecule has 25 heavy (non-hydrogen) atoms. The van der Waals surface area contributed by atoms with Gasteiger partial charge in [-0.2, -0.15) is 5.26 Å². The molecule has 2 rings (SSSR count). The highest BCUT2D eigenvalue weighted by atomic mass is 35.5. The molecule has 0 amide bonds. The van der Waals surface area contributed by atoms with Gasteiger partial charge >= 0.3 is 0 Å². The standard InChI is InChI=1S/C20H16Cl2N2O/c1-12(14-4-3-5-16(25)9-14)8-18(19(11-23)13(2)24)17-7-6-15(21)10-20(17)22/h3-10,25H,1,24H2,2H3/b18-8-,19-13-. The van der Waals surface area contributed by atoms with Crippen molar-refractivity contribution in [2.24, 2.45) is 5.73 Å². The van der Waals surface area contributed by atoms with Gasteiger partial charge in [0.25, 0.3) is 0 Å². The first kappa shape index (κ1) is 18.7. The monoisotopic (exact) mass is 370 g/mol. The van der Waals surface area contributed by atoms with Crippen molar-refractivity contribution in [3.05, 3.63) is 87.6 Å². The number of hydrogen-bond donors (Lipinski definition) is 2. The summed E-state index contributed by atoms with van der Waals surface area (Å²) in [4.78, 5) is 0. The Morgan fingerprint density at radius 1 is 1.24 bits per heavy atom. The molecule has 3 N–H and O–H groups in total. The van der Waals surface area contributed by atoms with E-state index in [1.807, 2.05) is 6.07 Å². The number of allylic oxidation sites excluding steroid dienone is 5. The Morgan fingerprint density at radius 3 is 2.52 bits per heavy atom. The van der Waals surface area contributed by atoms with Crippen LogP contribution < -0.4 is 5.73 Å². The molecule has 0 heterocycles. The minimum Gasteiger partial charge on any atom is -0.508 e. The van der Waals surface area contributed by atoms with Crippen LogP contribution in [-0.2, 0) is 0 Å². The summed E-state index contributed by atoms with van der Waals surface area (Å²) in [7, 11) is 0. The number of rotatable bonds is 4. The van der Waals surface area contributed by atoms with E-state index in [1.165, 1.54) is 0 Å². The van der Waals surface area contributed by atoms with E-state index in [9.17, 15) is 10.4 Å². The van der Waals surface area contributed by atoms with Crippen LogP contribution in [0, 0.1) is 11.3 Å². The Bertz CT molecular complexity index is 933. The van der Waals surface area contributed by atoms with Gasteiger partial charge in [0.2, 0.25) is 0 Å². The lowest BCUT2D eigenvalue weighted by Crippen LogP contribution is -2.00. The second-order valence-electron chi connectivity index (χ2n) is 5.43. The lowest BCUT2D eigenvalue weighted by atomic mass is 9.93. The number of benzene rings is 2. The molecule has 3 nitrogen and oxygen atoms in total. The van der Waals surface area contributed by atoms with Gasteiger partial charge in [0, 0.05) is 26.9 Å². The molecule has 0 fully saturated rings. The van der Waals surface area contributed by atoms with Crippen molar-refractivity contribution in [2.75, 3.05) is 0 Å². The van der Waals surface area contributed by atoms with Crippen LogP contribution in [0.2, 0.25) is 10.0 Å². The van der Waals surface area contributed by atoms with Gasteiger partial charge in [-0.05, 0) is 48.4 Å². The number of nitrogens with zero attached hydrogens (tertiary/aromatic N) is 1. The number of halogens is 2. The van der Waals surface area contributed by atoms with Crippen molar-refractivity contribution < 1.29 is 5.11 Å². The summed E-state index contributed by atoms with van der Waals surface area (Å²) in [5.74, 6) is 0.129. The van der Waals surface area contributed by atoms with Gasteiger partial charge < -0.3 is 10.8 Å². The maximum Gasteiger partial charge on any atom is 0.116 e. The molecule has 0 spiro atoms. The lowest BCUT2D eigenvalue weighted by Gasteiger charge is -2.12. The molecule has 0 aliphatic carbocycles. The van der Waals surface area contributed by atoms with Gasteiger partial charge in [-0.15, -0.1) is 0 Å². The Kier molecular flexibility index (Phi) is 5.93. The van der Waals surface area contributed by atoms with Gasteiger partial charge in [0.05, 0.1) is 5.57 Å². The van der Waals surface area contributed by atoms with Gasteiger partial charge in [0.15, 0.2) is 0 Å². The van der Waals surface area contributed by atoms with E-state index in [-0.39, 0.29) is 5.75 Å². The molecule has 0 aliphatic heterocycles. The maximum absolute atomic E-state index is 9.65. The average Bonchev–Trinajstić information content (AvgIpc) is 2.54. The quantitative estimate of drug-likeness (QED) is 0.547. The third-order valence-corrected chi connectivity index (χ3v) is 4.08. The summed E-state index contributed by atoms with van der Waals surface area (Å²) in [6.45, 7) is 5.67. The fourth-order valence-electron chi connectivity index (χ4n) is 2.32. The normalized spacial score (nSPS) is 12.3. The molecule has 0 aromatic heterocycles. The molecule has 126 valence electrons. The van der Waals surface area contributed by atoms with Crippen LogP contribution in [-0.4, -0.2) is 5.11 Å². The third-order valence-electron chi connectivity index (χ3n) is 3.53. The average molecular weight is 371 g/mol. The van der Waals surface area contributed by atoms with E-state index in [4.69, 9.17) is 28.9 Å². The van der Waals surface area contributed by atoms with Gasteiger partial charge in [-0.3, -0.25) is 0 Å². The van der Waals surface area contributed by atoms with E-state index < -0.39 is 0 Å². The van der Waals surface area contributed by atoms with E-state index in [2.05, 4.69) is 12.6 Å². The van der Waals surface area contributed by atoms with Crippen molar-refractivity contribution in [1.29, 1.82) is 5.26 Å². The van der Waals surface area contributed by atoms with Crippen LogP contribution in [0.15, 0.2) is 66.4 Å². The summed E-state index contributed by atoms with van der Waals surface area (Å²) in [6, 6.07) is 13.8. The van der Waals surface area contributed by atoms with E-state index >= 15 is 0 Å². The lowest BCUT2D eigenvalue weighted by molar-refractivity contribution is 0.475. The molecule has 0 unspecified atom stereocenters. The van der Waals surface area contributed by atoms with E-state index in [0.29, 0.717) is 38.0 Å². The number of nitrogens with two attached hydrogens (primary N) is 1. The van der Waals surface area contributed by atoms with Crippen molar-refractivity contribution >= 4 is 34.3 Å². The van der Waals surface area contributed by atoms with Gasteiger partial charge in [0.1, 0.15) is 11.8 Å². The van der Waals surface area contributed by atoms with Crippen molar-refractivity contribution in [3.8, 4) is 11.8 Å². The van der Waals surface area contributed by atoms with Crippen molar-refractivity contribution in [1.82, 2.24) is 0 Å². The number of aromatic hydroxyl groups is 1. The summed E-state index contributed by atoms with van der Waals surface area (Å²) in [5.41, 5.74) is 9.02. The number of phenols is 1. The molecular formula is C20H16Cl2N2O. The molecule has 0 saturated heterocycles. The maximum atomic E-state index is 9.65. The predicted octanol–water partition coefficient (Wildman–Crippen LogP) is 5.55. The second-order valence-corrected chi connectivity index (χ2v) is 6.27. The predicted molar refractivity (Wildman–Crippen MR) is 104 cm³/mol. The number of phenolic OH excluding ortho intramolecular Hbond substituents is 1. The summed E-state index contributed by atoms with van der Waals surface area (Å²) in [5, 5.41) is 20.1. The molecule has 0 saturated carbocycles. The zero-order valence-electron chi connectivity index (χ0n) is 13.6. The Morgan fingerprint density at radius 2 is 1.96 bits per heavy atom. The molecule has 2 aromatic rings. The minimum atomic E-state index is 0.129. The third kappa shape index (κ3) is 4.45. The molecule has 0 aliphatic rings. The number of nitriles is 1. The van der Waals surface area contributed by atoms with E-state index in [1.54, 1.807) is 49.4 Å². The zero-order chi connectivity index (χ0) is 18.6. The fraction of sp³-hybridized carbons (Fsp3) is 0.0500. The summed E-state index contributed by atoms with van der Waals surface area (Å²) < 4.78 is 0. The first-order valence-corrected chi connectivity index (χ1v) is 8.11. The van der Waals surface area contributed by atoms with Crippen molar-refractivity contribution in [3.63, 3.8) is 0 Å². The van der Waals surface area contributed by atoms with Crippen LogP contribution >= 0.6 is 23.2 Å². The SMILES string of the molecule is C=C(/C=C(\C(C#N)=C(\C)N)c1ccc(Cl)cc1Cl)c1cccc(O)c1. The van der Waals surface area contributed by atoms with Gasteiger partial charge in [-0.25, -0.2) is 0 Å². The van der Waals surface area contributed by atoms with Crippen LogP contribution in [0.5, 0.6) is 5.75 Å². The summed E-state index contributed by atoms with van der Waals surface area (Å²) in [6.07, 6.45) is 1.72. The number of hydrogen-bond acceptors (Lipinski definition) is 3. The molecule has 0 bridgehead atoms. The Balaban J connectivity index is 2.65. The van der Waals surface area contributed by atoms with Crippen LogP contribution in [0.25, 0.3) is 11.1 Å². The van der Waals surface area contributed by atoms with Crippen LogP contribution in [0.3, 0.4) is 0 Å². The molecule has 0 atom stereocenters. The zero-order valence-corrected chi connectivity index (χ0v) is 15.1. The summed E-state index contributed by atoms with van der Waals surface area (Å²) >= 11 is 12.3. The molecule has 0 radical (unpaired) electrons. The highest BCUT2D eigenvalue weighted by molar-refractivity contribution is 6.36. The second kappa shape index (κ2) is 7.94. The van der Waals surface area contributed by atoms with Crippen LogP contribution in [0.1, 0.15) is 18.1 Å². The fourth-order valence-corrected chi connectivity index (χ4v) is 2.83. The highest BCUT2D eigenvalue weighted by Crippen LogP contribution is 2.34. The topological polar surface area (TPSA) is 70.0 Å². The van der Waals surface area contributed by atoms with Gasteiger partial charge in [-0.1, -0.05) is 48.0 Å². The highest BCUT2D eigenvalue weighted by Gasteiger charge is 2.15. The smallest absolute Gasteiger partial charge is 0.116 e. The Labute approximate surface area is 156 Å². The first-order valence-electron chi connectivity index (χ1n) is 7.35. The minimum absolute atomic E-state index is 0.129. The molecule has 5 heteroatoms. The van der Waals surface area contributed by atoms with E-state index in [0.717, 1.165) is 5.56 Å². The van der Waals surface area contributed by atoms with Crippen LogP contribution in [0.4, 0.5) is 0 Å². The van der Waals surface area contributed by atoms with Crippen molar-refractivity contribution in [2.45, 2.75) is 6.92 Å².